The second kappa shape index (κ2) is 7.27. The first-order valence-electron chi connectivity index (χ1n) is 10.2. The van der Waals surface area contributed by atoms with Crippen LogP contribution in [0.3, 0.4) is 0 Å². The number of fused-ring (bicyclic) bond motifs is 2. The summed E-state index contributed by atoms with van der Waals surface area (Å²) in [5.74, 6) is -4.81. The molecule has 3 fully saturated rings. The number of aliphatic hydroxyl groups is 2. The van der Waals surface area contributed by atoms with Crippen molar-refractivity contribution in [3.63, 3.8) is 0 Å². The summed E-state index contributed by atoms with van der Waals surface area (Å²) in [5, 5.41) is 23.3. The van der Waals surface area contributed by atoms with Gasteiger partial charge in [-0.25, -0.2) is 19.5 Å². The number of nitrogens with two attached hydrogens (primary N) is 1. The van der Waals surface area contributed by atoms with Crippen molar-refractivity contribution >= 4 is 47.9 Å². The third kappa shape index (κ3) is 2.89. The zero-order chi connectivity index (χ0) is 25.6. The van der Waals surface area contributed by atoms with E-state index in [1.807, 2.05) is 0 Å². The number of phosphoric ester groups is 1. The Kier molecular flexibility index (Phi) is 4.93. The molecule has 0 radical (unpaired) electrons. The Balaban J connectivity index is 1.78. The molecule has 35 heavy (non-hydrogen) atoms. The Morgan fingerprint density at radius 2 is 1.54 bits per heavy atom. The van der Waals surface area contributed by atoms with E-state index in [1.165, 1.54) is 0 Å². The van der Waals surface area contributed by atoms with Crippen LogP contribution in [-0.2, 0) is 33.0 Å². The highest BCUT2D eigenvalue weighted by molar-refractivity contribution is 7.46. The lowest BCUT2D eigenvalue weighted by Gasteiger charge is -2.44. The van der Waals surface area contributed by atoms with E-state index < -0.39 is 85.8 Å². The molecule has 1 aliphatic heterocycles. The standard InChI is InChI=1S/C18H18N5O11P/c19-12-11-13(21-5-20-12)23(6-22-11)15-18(29)10(27)4-3-9(26)17(18,28)14(33-15)16(34-35(30,31)32)7(24)1-2-8(16)25/h5-6,14-15,28-29H,1-4H2,(H2,19,20,21)(H2,30,31,32)/t14-,15-,17-,18+/m1/s1. The van der Waals surface area contributed by atoms with E-state index in [1.54, 1.807) is 0 Å². The number of rotatable bonds is 4. The maximum absolute atomic E-state index is 13.1. The molecule has 0 spiro atoms. The van der Waals surface area contributed by atoms with E-state index in [2.05, 4.69) is 19.5 Å². The highest BCUT2D eigenvalue weighted by atomic mass is 31.2. The molecule has 0 amide bonds. The Bertz CT molecular complexity index is 1350. The molecule has 0 unspecified atom stereocenters. The van der Waals surface area contributed by atoms with Gasteiger partial charge in [-0.05, 0) is 0 Å². The van der Waals surface area contributed by atoms with Crippen molar-refractivity contribution in [3.8, 4) is 0 Å². The summed E-state index contributed by atoms with van der Waals surface area (Å²) in [5.41, 5.74) is -3.98. The summed E-state index contributed by atoms with van der Waals surface area (Å²) in [6, 6.07) is 0. The molecule has 1 saturated heterocycles. The number of ether oxygens (including phenoxy) is 1. The van der Waals surface area contributed by atoms with Gasteiger partial charge in [0.2, 0.25) is 11.2 Å². The Morgan fingerprint density at radius 1 is 0.971 bits per heavy atom. The van der Waals surface area contributed by atoms with Crippen LogP contribution in [0.2, 0.25) is 0 Å². The topological polar surface area (TPSA) is 254 Å². The second-order valence-corrected chi connectivity index (χ2v) is 9.66. The van der Waals surface area contributed by atoms with Crippen LogP contribution < -0.4 is 5.73 Å². The van der Waals surface area contributed by atoms with Gasteiger partial charge in [0, 0.05) is 25.7 Å². The minimum atomic E-state index is -5.63. The molecule has 2 aromatic heterocycles. The molecule has 6 N–H and O–H groups in total. The van der Waals surface area contributed by atoms with Crippen LogP contribution in [0, 0.1) is 0 Å². The van der Waals surface area contributed by atoms with E-state index in [9.17, 15) is 43.7 Å². The van der Waals surface area contributed by atoms with E-state index >= 15 is 0 Å². The number of nitrogens with zero attached hydrogens (tertiary/aromatic N) is 4. The van der Waals surface area contributed by atoms with Crippen LogP contribution in [0.1, 0.15) is 31.9 Å². The number of carbonyl (C=O) groups excluding carboxylic acids is 4. The number of Topliss-reactive ketones (excluding diaryl/α,β-unsaturated/α-hetero) is 4. The molecule has 186 valence electrons. The average molecular weight is 511 g/mol. The van der Waals surface area contributed by atoms with Gasteiger partial charge in [0.25, 0.3) is 0 Å². The van der Waals surface area contributed by atoms with E-state index in [-0.39, 0.29) is 17.0 Å². The highest BCUT2D eigenvalue weighted by Crippen LogP contribution is 2.58. The van der Waals surface area contributed by atoms with Gasteiger partial charge < -0.3 is 30.5 Å². The van der Waals surface area contributed by atoms with Crippen LogP contribution in [0.25, 0.3) is 11.2 Å². The van der Waals surface area contributed by atoms with Crippen LogP contribution >= 0.6 is 7.82 Å². The molecule has 0 aromatic carbocycles. The molecular weight excluding hydrogens is 493 g/mol. The largest absolute Gasteiger partial charge is 0.471 e. The third-order valence-electron chi connectivity index (χ3n) is 6.69. The van der Waals surface area contributed by atoms with E-state index in [4.69, 9.17) is 10.5 Å². The van der Waals surface area contributed by atoms with E-state index in [0.717, 1.165) is 17.2 Å². The van der Waals surface area contributed by atoms with Crippen molar-refractivity contribution in [3.05, 3.63) is 12.7 Å². The summed E-state index contributed by atoms with van der Waals surface area (Å²) >= 11 is 0. The van der Waals surface area contributed by atoms with Gasteiger partial charge >= 0.3 is 7.82 Å². The third-order valence-corrected chi connectivity index (χ3v) is 7.22. The molecule has 4 atom stereocenters. The van der Waals surface area contributed by atoms with Crippen LogP contribution in [-0.4, -0.2) is 85.6 Å². The highest BCUT2D eigenvalue weighted by Gasteiger charge is 2.81. The molecule has 2 aliphatic carbocycles. The Hall–Kier alpha value is -2.98. The van der Waals surface area contributed by atoms with Crippen molar-refractivity contribution in [2.75, 3.05) is 5.73 Å². The van der Waals surface area contributed by atoms with Gasteiger partial charge in [-0.2, -0.15) is 0 Å². The number of aromatic nitrogens is 4. The van der Waals surface area contributed by atoms with Crippen LogP contribution in [0.4, 0.5) is 5.82 Å². The molecule has 2 aromatic rings. The van der Waals surface area contributed by atoms with Gasteiger partial charge in [0.05, 0.1) is 6.33 Å². The number of imidazole rings is 1. The predicted molar refractivity (Wildman–Crippen MR) is 108 cm³/mol. The number of hydrogen-bond acceptors (Lipinski definition) is 13. The van der Waals surface area contributed by atoms with Gasteiger partial charge in [0.15, 0.2) is 46.4 Å². The summed E-state index contributed by atoms with van der Waals surface area (Å²) in [6.07, 6.45) is -4.78. The Labute approximate surface area is 194 Å². The molecule has 5 rings (SSSR count). The number of phosphoric acid groups is 1. The number of nitrogen functional groups attached to an aromatic ring is 1. The zero-order valence-electron chi connectivity index (χ0n) is 17.6. The van der Waals surface area contributed by atoms with Crippen molar-refractivity contribution in [2.45, 2.75) is 54.8 Å². The summed E-state index contributed by atoms with van der Waals surface area (Å²) in [7, 11) is -5.63. The summed E-state index contributed by atoms with van der Waals surface area (Å²) in [6.45, 7) is 0. The molecule has 2 saturated carbocycles. The minimum Gasteiger partial charge on any atom is -0.382 e. The summed E-state index contributed by atoms with van der Waals surface area (Å²) in [4.78, 5) is 82.7. The monoisotopic (exact) mass is 511 g/mol. The predicted octanol–water partition coefficient (Wildman–Crippen LogP) is -2.52. The van der Waals surface area contributed by atoms with Gasteiger partial charge in [-0.1, -0.05) is 0 Å². The SMILES string of the molecule is Nc1ncnc2c1ncn2[C@@H]1O[C@H](C2(OP(=O)(O)O)C(=O)CCC2=O)[C@]2(O)C(=O)CCC(=O)[C@]12O. The molecule has 0 bridgehead atoms. The number of ketones is 4. The fourth-order valence-electron chi connectivity index (χ4n) is 5.11. The van der Waals surface area contributed by atoms with E-state index in [0.29, 0.717) is 0 Å². The molecule has 3 aliphatic rings. The lowest BCUT2D eigenvalue weighted by molar-refractivity contribution is -0.197. The second-order valence-electron chi connectivity index (χ2n) is 8.49. The average Bonchev–Trinajstić information content (AvgIpc) is 3.40. The molecular formula is C18H18N5O11P. The Morgan fingerprint density at radius 3 is 2.14 bits per heavy atom. The minimum absolute atomic E-state index is 0.00419. The maximum Gasteiger partial charge on any atom is 0.471 e. The normalized spacial score (nSPS) is 33.0. The van der Waals surface area contributed by atoms with Crippen LogP contribution in [0.15, 0.2) is 12.7 Å². The van der Waals surface area contributed by atoms with Crippen molar-refractivity contribution in [1.29, 1.82) is 0 Å². The smallest absolute Gasteiger partial charge is 0.382 e. The lowest BCUT2D eigenvalue weighted by Crippen LogP contribution is -2.74. The van der Waals surface area contributed by atoms with Crippen molar-refractivity contribution in [1.82, 2.24) is 19.5 Å². The fourth-order valence-corrected chi connectivity index (χ4v) is 5.79. The first kappa shape index (κ1) is 23.7. The first-order chi connectivity index (χ1) is 16.3. The quantitative estimate of drug-likeness (QED) is 0.210. The molecule has 16 nitrogen and oxygen atoms in total. The van der Waals surface area contributed by atoms with Crippen molar-refractivity contribution < 1.29 is 53.0 Å². The van der Waals surface area contributed by atoms with Crippen LogP contribution in [0.5, 0.6) is 0 Å². The summed E-state index contributed by atoms with van der Waals surface area (Å²) < 4.78 is 23.1. The number of carbonyl (C=O) groups is 4. The van der Waals surface area contributed by atoms with Gasteiger partial charge in [-0.15, -0.1) is 0 Å². The van der Waals surface area contributed by atoms with Gasteiger partial charge in [0.1, 0.15) is 17.9 Å². The zero-order valence-corrected chi connectivity index (χ0v) is 18.5. The maximum atomic E-state index is 13.1. The lowest BCUT2D eigenvalue weighted by atomic mass is 9.64. The molecule has 17 heteroatoms. The number of hydrogen-bond donors (Lipinski definition) is 5. The number of anilines is 1. The fraction of sp³-hybridized carbons (Fsp3) is 0.500. The van der Waals surface area contributed by atoms with Gasteiger partial charge in [-0.3, -0.25) is 28.3 Å². The first-order valence-corrected chi connectivity index (χ1v) is 11.7. The van der Waals surface area contributed by atoms with Crippen molar-refractivity contribution in [2.24, 2.45) is 0 Å². The molecule has 3 heterocycles.